The molecule has 0 heterocycles. The third kappa shape index (κ3) is 2.56. The number of hydrogen-bond donors (Lipinski definition) is 0. The van der Waals surface area contributed by atoms with Crippen LogP contribution < -0.4 is 0 Å². The molecule has 0 N–H and O–H groups in total. The standard InChI is InChI=1S/C34H38/c1-2-4-28-14-30-29(13-27(28)3-1)5-6-31(33-15-21-7-22(16-33)9-23(8-21)17-33)32(30)34-18-24-10-25(19-34)12-26(11-24)20-34/h1-6,13-14,21-26H,7-12,15-20H2. The molecule has 11 rings (SSSR count). The van der Waals surface area contributed by atoms with Gasteiger partial charge in [0.1, 0.15) is 0 Å². The number of fused-ring (bicyclic) bond motifs is 2. The van der Waals surface area contributed by atoms with Crippen molar-refractivity contribution in [3.8, 4) is 0 Å². The molecule has 0 saturated heterocycles. The van der Waals surface area contributed by atoms with Gasteiger partial charge >= 0.3 is 0 Å². The first-order valence-electron chi connectivity index (χ1n) is 14.6. The van der Waals surface area contributed by atoms with Crippen molar-refractivity contribution in [2.75, 3.05) is 0 Å². The summed E-state index contributed by atoms with van der Waals surface area (Å²) in [4.78, 5) is 0. The van der Waals surface area contributed by atoms with Crippen molar-refractivity contribution in [1.29, 1.82) is 0 Å². The third-order valence-corrected chi connectivity index (χ3v) is 12.1. The topological polar surface area (TPSA) is 0 Å². The summed E-state index contributed by atoms with van der Waals surface area (Å²) in [5.74, 6) is 6.07. The van der Waals surface area contributed by atoms with Crippen LogP contribution in [0.1, 0.15) is 88.2 Å². The second kappa shape index (κ2) is 6.48. The molecule has 0 unspecified atom stereocenters. The third-order valence-electron chi connectivity index (χ3n) is 12.1. The van der Waals surface area contributed by atoms with Crippen molar-refractivity contribution in [3.05, 3.63) is 59.7 Å². The van der Waals surface area contributed by atoms with Gasteiger partial charge in [-0.3, -0.25) is 0 Å². The summed E-state index contributed by atoms with van der Waals surface area (Å²) in [6.07, 6.45) is 18.2. The molecule has 0 spiro atoms. The molecule has 0 heteroatoms. The highest BCUT2D eigenvalue weighted by atomic mass is 14.6. The van der Waals surface area contributed by atoms with Crippen LogP contribution in [-0.2, 0) is 10.8 Å². The molecule has 8 bridgehead atoms. The lowest BCUT2D eigenvalue weighted by molar-refractivity contribution is -0.0168. The van der Waals surface area contributed by atoms with Gasteiger partial charge in [-0.2, -0.15) is 0 Å². The van der Waals surface area contributed by atoms with Crippen molar-refractivity contribution in [2.45, 2.75) is 87.9 Å². The highest BCUT2D eigenvalue weighted by molar-refractivity contribution is 6.00. The SMILES string of the molecule is c1ccc2cc3c(C45CC6CC(CC(C6)C4)C5)c(C45CC6CC(CC(C6)C4)C5)ccc3cc2c1. The minimum Gasteiger partial charge on any atom is -0.0616 e. The Kier molecular flexibility index (Phi) is 3.70. The minimum absolute atomic E-state index is 0.468. The fourth-order valence-electron chi connectivity index (χ4n) is 11.9. The van der Waals surface area contributed by atoms with Crippen molar-refractivity contribution >= 4 is 21.5 Å². The zero-order chi connectivity index (χ0) is 22.1. The first-order chi connectivity index (χ1) is 16.6. The van der Waals surface area contributed by atoms with E-state index in [2.05, 4.69) is 48.5 Å². The first-order valence-corrected chi connectivity index (χ1v) is 14.6. The Bertz CT molecular complexity index is 1250. The molecule has 0 amide bonds. The molecule has 0 radical (unpaired) electrons. The van der Waals surface area contributed by atoms with E-state index in [0.29, 0.717) is 10.8 Å². The van der Waals surface area contributed by atoms with Gasteiger partial charge in [0.25, 0.3) is 0 Å². The molecule has 8 aliphatic carbocycles. The highest BCUT2D eigenvalue weighted by Gasteiger charge is 2.57. The lowest BCUT2D eigenvalue weighted by Crippen LogP contribution is -2.52. The van der Waals surface area contributed by atoms with E-state index in [1.54, 1.807) is 43.9 Å². The van der Waals surface area contributed by atoms with E-state index in [1.165, 1.54) is 54.7 Å². The van der Waals surface area contributed by atoms with E-state index in [0.717, 1.165) is 35.5 Å². The Labute approximate surface area is 204 Å². The van der Waals surface area contributed by atoms with Gasteiger partial charge in [-0.1, -0.05) is 36.4 Å². The molecule has 8 aliphatic rings. The number of hydrogen-bond acceptors (Lipinski definition) is 0. The van der Waals surface area contributed by atoms with Crippen LogP contribution in [0.2, 0.25) is 0 Å². The summed E-state index contributed by atoms with van der Waals surface area (Å²) < 4.78 is 0. The number of benzene rings is 3. The summed E-state index contributed by atoms with van der Waals surface area (Å²) in [6, 6.07) is 19.5. The fourth-order valence-corrected chi connectivity index (χ4v) is 11.9. The maximum atomic E-state index is 2.69. The van der Waals surface area contributed by atoms with Gasteiger partial charge in [0.15, 0.2) is 0 Å². The molecule has 174 valence electrons. The molecule has 8 fully saturated rings. The monoisotopic (exact) mass is 446 g/mol. The molecule has 8 saturated carbocycles. The van der Waals surface area contributed by atoms with Crippen LogP contribution >= 0.6 is 0 Å². The predicted molar refractivity (Wildman–Crippen MR) is 141 cm³/mol. The molecular formula is C34H38. The van der Waals surface area contributed by atoms with Crippen molar-refractivity contribution in [1.82, 2.24) is 0 Å². The molecule has 0 atom stereocenters. The zero-order valence-corrected chi connectivity index (χ0v) is 20.6. The Balaban J connectivity index is 1.33. The Morgan fingerprint density at radius 3 is 1.47 bits per heavy atom. The Morgan fingerprint density at radius 2 is 0.941 bits per heavy atom. The predicted octanol–water partition coefficient (Wildman–Crippen LogP) is 8.93. The highest BCUT2D eigenvalue weighted by Crippen LogP contribution is 2.66. The smallest absolute Gasteiger partial charge is 0.00300 e. The van der Waals surface area contributed by atoms with E-state index in [4.69, 9.17) is 0 Å². The Hall–Kier alpha value is -1.82. The second-order valence-corrected chi connectivity index (χ2v) is 14.3. The van der Waals surface area contributed by atoms with Gasteiger partial charge in [-0.25, -0.2) is 0 Å². The lowest BCUT2D eigenvalue weighted by Gasteiger charge is -2.61. The molecule has 0 aliphatic heterocycles. The summed E-state index contributed by atoms with van der Waals surface area (Å²) in [5, 5.41) is 6.02. The van der Waals surface area contributed by atoms with Gasteiger partial charge in [0.05, 0.1) is 0 Å². The summed E-state index contributed by atoms with van der Waals surface area (Å²) >= 11 is 0. The van der Waals surface area contributed by atoms with Crippen molar-refractivity contribution in [3.63, 3.8) is 0 Å². The minimum atomic E-state index is 0.468. The number of rotatable bonds is 2. The second-order valence-electron chi connectivity index (χ2n) is 14.3. The van der Waals surface area contributed by atoms with E-state index in [-0.39, 0.29) is 0 Å². The first kappa shape index (κ1) is 19.4. The average molecular weight is 447 g/mol. The van der Waals surface area contributed by atoms with Gasteiger partial charge in [-0.15, -0.1) is 0 Å². The van der Waals surface area contributed by atoms with Crippen LogP contribution in [0.5, 0.6) is 0 Å². The van der Waals surface area contributed by atoms with Gasteiger partial charge < -0.3 is 0 Å². The summed E-state index contributed by atoms with van der Waals surface area (Å²) in [6.45, 7) is 0. The summed E-state index contributed by atoms with van der Waals surface area (Å²) in [5.41, 5.74) is 4.70. The van der Waals surface area contributed by atoms with Crippen molar-refractivity contribution in [2.24, 2.45) is 35.5 Å². The van der Waals surface area contributed by atoms with Crippen LogP contribution in [-0.4, -0.2) is 0 Å². The van der Waals surface area contributed by atoms with Crippen LogP contribution in [0.15, 0.2) is 48.5 Å². The van der Waals surface area contributed by atoms with Gasteiger partial charge in [-0.05, 0) is 168 Å². The van der Waals surface area contributed by atoms with E-state index in [9.17, 15) is 0 Å². The molecule has 3 aromatic rings. The van der Waals surface area contributed by atoms with Crippen LogP contribution in [0.3, 0.4) is 0 Å². The van der Waals surface area contributed by atoms with E-state index >= 15 is 0 Å². The van der Waals surface area contributed by atoms with E-state index < -0.39 is 0 Å². The molecular weight excluding hydrogens is 408 g/mol. The zero-order valence-electron chi connectivity index (χ0n) is 20.6. The maximum absolute atomic E-state index is 2.69. The van der Waals surface area contributed by atoms with Crippen LogP contribution in [0.25, 0.3) is 21.5 Å². The van der Waals surface area contributed by atoms with Gasteiger partial charge in [0, 0.05) is 0 Å². The molecule has 0 nitrogen and oxygen atoms in total. The normalized spacial score (nSPS) is 43.9. The quantitative estimate of drug-likeness (QED) is 0.345. The summed E-state index contributed by atoms with van der Waals surface area (Å²) in [7, 11) is 0. The largest absolute Gasteiger partial charge is 0.0616 e. The molecule has 34 heavy (non-hydrogen) atoms. The molecule has 3 aromatic carbocycles. The maximum Gasteiger partial charge on any atom is -0.00300 e. The fraction of sp³-hybridized carbons (Fsp3) is 0.588. The van der Waals surface area contributed by atoms with E-state index in [1.807, 2.05) is 11.1 Å². The van der Waals surface area contributed by atoms with Crippen LogP contribution in [0.4, 0.5) is 0 Å². The molecule has 0 aromatic heterocycles. The van der Waals surface area contributed by atoms with Crippen LogP contribution in [0, 0.1) is 35.5 Å². The van der Waals surface area contributed by atoms with Crippen molar-refractivity contribution < 1.29 is 0 Å². The Morgan fingerprint density at radius 1 is 0.471 bits per heavy atom. The average Bonchev–Trinajstić information content (AvgIpc) is 2.80. The lowest BCUT2D eigenvalue weighted by atomic mass is 9.44. The van der Waals surface area contributed by atoms with Gasteiger partial charge in [0.2, 0.25) is 0 Å².